The molecular weight excluding hydrogens is 1010 g/mol. The van der Waals surface area contributed by atoms with Gasteiger partial charge in [0.25, 0.3) is 0 Å². The quantitative estimate of drug-likeness (QED) is 0.0239. The number of anilines is 1. The summed E-state index contributed by atoms with van der Waals surface area (Å²) < 4.78 is 64.8. The molecule has 0 saturated carbocycles. The molecule has 0 aliphatic carbocycles. The van der Waals surface area contributed by atoms with Crippen LogP contribution in [0.15, 0.2) is 53.5 Å². The molecule has 1 saturated heterocycles. The van der Waals surface area contributed by atoms with Crippen LogP contribution in [0.5, 0.6) is 0 Å². The molecule has 1 aromatic rings. The van der Waals surface area contributed by atoms with Gasteiger partial charge in [-0.05, 0) is 63.9 Å². The number of phosphoric ester groups is 2. The Balaban J connectivity index is 1.82. The molecule has 0 aromatic carbocycles. The molecule has 3 heterocycles. The Kier molecular flexibility index (Phi) is 31.7. The van der Waals surface area contributed by atoms with E-state index in [0.717, 1.165) is 75.0 Å². The van der Waals surface area contributed by atoms with Gasteiger partial charge in [0.1, 0.15) is 43.1 Å². The number of esters is 2. The number of ether oxygens (including phenoxy) is 4. The molecule has 22 nitrogen and oxygen atoms in total. The zero-order valence-corrected chi connectivity index (χ0v) is 45.0. The molecule has 1 fully saturated rings. The first-order valence-corrected chi connectivity index (χ1v) is 29.4. The number of carbonyl (C=O) groups excluding carboxylic acids is 2. The number of nitrogen functional groups attached to an aromatic ring is 1. The minimum atomic E-state index is -5.74. The maximum absolute atomic E-state index is 13.4. The highest BCUT2D eigenvalue weighted by molar-refractivity contribution is 7.61. The van der Waals surface area contributed by atoms with Crippen LogP contribution in [0.3, 0.4) is 0 Å². The fourth-order valence-corrected chi connectivity index (χ4v) is 10.4. The van der Waals surface area contributed by atoms with Crippen LogP contribution < -0.4 is 11.4 Å². The molecule has 424 valence electrons. The van der Waals surface area contributed by atoms with Gasteiger partial charge in [0.15, 0.2) is 12.4 Å². The van der Waals surface area contributed by atoms with Crippen LogP contribution >= 0.6 is 15.6 Å². The van der Waals surface area contributed by atoms with Crippen molar-refractivity contribution in [3.63, 3.8) is 0 Å². The Labute approximate surface area is 435 Å². The number of fused-ring (bicyclic) bond motifs is 3. The molecule has 3 unspecified atom stereocenters. The summed E-state index contributed by atoms with van der Waals surface area (Å²) >= 11 is 0. The van der Waals surface area contributed by atoms with Crippen LogP contribution in [-0.2, 0) is 51.0 Å². The van der Waals surface area contributed by atoms with Gasteiger partial charge in [0, 0.05) is 31.4 Å². The van der Waals surface area contributed by atoms with Gasteiger partial charge in [-0.25, -0.2) is 13.9 Å². The molecule has 2 aliphatic rings. The van der Waals surface area contributed by atoms with Gasteiger partial charge >= 0.3 is 33.3 Å². The Bertz CT molecular complexity index is 2010. The summed E-state index contributed by atoms with van der Waals surface area (Å²) in [5.41, 5.74) is 4.75. The Morgan fingerprint density at radius 3 is 2.16 bits per heavy atom. The summed E-state index contributed by atoms with van der Waals surface area (Å²) in [6.07, 6.45) is 11.9. The van der Waals surface area contributed by atoms with Crippen LogP contribution in [0.25, 0.3) is 0 Å². The number of hydrogen-bond acceptors (Lipinski definition) is 19. The van der Waals surface area contributed by atoms with Gasteiger partial charge in [-0.1, -0.05) is 121 Å². The molecule has 3 rings (SSSR count). The first-order chi connectivity index (χ1) is 35.3. The van der Waals surface area contributed by atoms with Crippen molar-refractivity contribution >= 4 is 33.4 Å². The Morgan fingerprint density at radius 1 is 0.851 bits per heavy atom. The predicted octanol–water partition coefficient (Wildman–Crippen LogP) is 6.89. The number of aliphatic hydroxyl groups is 5. The van der Waals surface area contributed by atoms with Gasteiger partial charge in [-0.15, -0.1) is 0 Å². The SMILES string of the molecule is CCCCCC/C=C\CCCCCCCCCC(=O)O[C@@H]1COC(=O)CCCC=CC[C@@H]2[C@H](n3ccc(N)nc3=O)O[C@H](COP(=O)(O)OP(=O)(O)OC1)[C@@H](O)[C@@H](O)[C@@H](/C=C/[C@@H](O)CCCCC)OC(O)C[C@@H]2O. The summed E-state index contributed by atoms with van der Waals surface area (Å²) in [7, 11) is -11.3. The number of phosphoric acid groups is 2. The molecule has 0 radical (unpaired) electrons. The number of aliphatic hydroxyl groups excluding tert-OH is 5. The average molecular weight is 1090 g/mol. The minimum absolute atomic E-state index is 0.0104. The zero-order chi connectivity index (χ0) is 54.4. The van der Waals surface area contributed by atoms with Crippen LogP contribution in [0, 0.1) is 5.92 Å². The van der Waals surface area contributed by atoms with Crippen molar-refractivity contribution in [1.29, 1.82) is 0 Å². The summed E-state index contributed by atoms with van der Waals surface area (Å²) in [6, 6.07) is 1.22. The molecule has 24 heteroatoms. The average Bonchev–Trinajstić information content (AvgIpc) is 3.35. The number of allylic oxidation sites excluding steroid dienone is 4. The topological polar surface area (TPSA) is 335 Å². The van der Waals surface area contributed by atoms with Crippen molar-refractivity contribution in [2.24, 2.45) is 5.92 Å². The van der Waals surface area contributed by atoms with Gasteiger partial charge in [-0.3, -0.25) is 23.2 Å². The third-order valence-electron chi connectivity index (χ3n) is 12.5. The van der Waals surface area contributed by atoms with Gasteiger partial charge in [0.2, 0.25) is 0 Å². The summed E-state index contributed by atoms with van der Waals surface area (Å²) in [4.78, 5) is 64.3. The number of nitrogens with zero attached hydrogens (tertiary/aromatic N) is 2. The lowest BCUT2D eigenvalue weighted by Gasteiger charge is -2.36. The maximum Gasteiger partial charge on any atom is 0.481 e. The standard InChI is InChI=1S/C50H85N3O19P2/c1-3-5-7-8-9-10-11-12-13-14-15-16-17-18-24-28-45(57)69-38-34-66-44(56)27-23-20-19-22-26-39-40(55)33-46(58)70-41(30-29-37(54)25-21-6-4-2)47(59)48(60)42(36-68-74(64,65)72-73(62,63)67-35-38)71-49(39)53-32-31-43(51)52-50(53)61/h10-11,19,22,29-32,37-42,46-49,54-55,58-60H,3-9,12-18,20-21,23-28,33-36H2,1-2H3,(H,62,63)(H,64,65)(H2,51,52,61)/b11-10-,22-19?,30-29+/t37-,38+,39-,40-,41+,42+,46?,47-,48+,49+/m0/s1. The number of unbranched alkanes of at least 4 members (excludes halogenated alkanes) is 13. The van der Waals surface area contributed by atoms with Crippen LogP contribution in [0.2, 0.25) is 0 Å². The van der Waals surface area contributed by atoms with Crippen molar-refractivity contribution in [3.8, 4) is 0 Å². The monoisotopic (exact) mass is 1090 g/mol. The van der Waals surface area contributed by atoms with Gasteiger partial charge in [0.05, 0.1) is 25.4 Å². The minimum Gasteiger partial charge on any atom is -0.462 e. The van der Waals surface area contributed by atoms with Gasteiger partial charge < -0.3 is 60.0 Å². The highest BCUT2D eigenvalue weighted by atomic mass is 31.3. The van der Waals surface area contributed by atoms with Crippen molar-refractivity contribution in [2.75, 3.05) is 25.6 Å². The maximum atomic E-state index is 13.4. The number of rotatable bonds is 23. The van der Waals surface area contributed by atoms with E-state index in [1.54, 1.807) is 12.2 Å². The first-order valence-electron chi connectivity index (χ1n) is 26.4. The lowest BCUT2D eigenvalue weighted by Crippen LogP contribution is -2.49. The number of nitrogens with two attached hydrogens (primary N) is 1. The molecule has 9 N–H and O–H groups in total. The van der Waals surface area contributed by atoms with E-state index in [-0.39, 0.29) is 37.9 Å². The number of carbonyl (C=O) groups is 2. The highest BCUT2D eigenvalue weighted by Crippen LogP contribution is 2.60. The molecular formula is C50H85N3O19P2. The predicted molar refractivity (Wildman–Crippen MR) is 274 cm³/mol. The Hall–Kier alpha value is -3.18. The third-order valence-corrected chi connectivity index (χ3v) is 15.1. The zero-order valence-electron chi connectivity index (χ0n) is 43.2. The largest absolute Gasteiger partial charge is 0.481 e. The van der Waals surface area contributed by atoms with E-state index in [4.69, 9.17) is 33.7 Å². The van der Waals surface area contributed by atoms with E-state index >= 15 is 0 Å². The summed E-state index contributed by atoms with van der Waals surface area (Å²) in [6.45, 7) is 1.41. The highest BCUT2D eigenvalue weighted by Gasteiger charge is 2.44. The van der Waals surface area contributed by atoms with Crippen LogP contribution in [0.4, 0.5) is 5.82 Å². The second-order valence-corrected chi connectivity index (χ2v) is 21.9. The fraction of sp³-hybridized carbons (Fsp3) is 0.760. The van der Waals surface area contributed by atoms with Gasteiger partial charge in [-0.2, -0.15) is 9.29 Å². The summed E-state index contributed by atoms with van der Waals surface area (Å²) in [5, 5.41) is 56.9. The van der Waals surface area contributed by atoms with E-state index in [2.05, 4.69) is 28.4 Å². The van der Waals surface area contributed by atoms with E-state index < -0.39 is 121 Å². The third kappa shape index (κ3) is 26.7. The van der Waals surface area contributed by atoms with Crippen molar-refractivity contribution in [1.82, 2.24) is 9.55 Å². The normalized spacial score (nSPS) is 30.1. The number of aromatic nitrogens is 2. The molecule has 0 amide bonds. The van der Waals surface area contributed by atoms with Crippen molar-refractivity contribution in [2.45, 2.75) is 217 Å². The fourth-order valence-electron chi connectivity index (χ4n) is 8.28. The van der Waals surface area contributed by atoms with E-state index in [1.165, 1.54) is 43.9 Å². The smallest absolute Gasteiger partial charge is 0.462 e. The first kappa shape index (κ1) is 65.1. The Morgan fingerprint density at radius 2 is 1.49 bits per heavy atom. The molecule has 0 spiro atoms. The lowest BCUT2D eigenvalue weighted by atomic mass is 9.92. The molecule has 2 bridgehead atoms. The molecule has 1 aromatic heterocycles. The number of hydrogen-bond donors (Lipinski definition) is 8. The van der Waals surface area contributed by atoms with Crippen LogP contribution in [0.1, 0.15) is 168 Å². The molecule has 74 heavy (non-hydrogen) atoms. The van der Waals surface area contributed by atoms with Crippen molar-refractivity contribution < 1.29 is 86.3 Å². The number of cyclic esters (lactones) is 1. The molecule has 12 atom stereocenters. The van der Waals surface area contributed by atoms with E-state index in [9.17, 15) is 58.8 Å². The van der Waals surface area contributed by atoms with Crippen LogP contribution in [-0.4, -0.2) is 126 Å². The second-order valence-electron chi connectivity index (χ2n) is 18.9. The second kappa shape index (κ2) is 36.0. The van der Waals surface area contributed by atoms with E-state index in [1.807, 2.05) is 6.92 Å². The molecule has 2 aliphatic heterocycles. The van der Waals surface area contributed by atoms with Crippen molar-refractivity contribution in [3.05, 3.63) is 59.2 Å². The lowest BCUT2D eigenvalue weighted by molar-refractivity contribution is -0.192. The summed E-state index contributed by atoms with van der Waals surface area (Å²) in [5.74, 6) is -2.86. The van der Waals surface area contributed by atoms with E-state index in [0.29, 0.717) is 19.3 Å².